The van der Waals surface area contributed by atoms with Crippen LogP contribution in [0.15, 0.2) is 83.3 Å². The molecule has 5 rings (SSSR count). The highest BCUT2D eigenvalue weighted by Crippen LogP contribution is 2.48. The summed E-state index contributed by atoms with van der Waals surface area (Å²) >= 11 is 3.41. The van der Waals surface area contributed by atoms with Gasteiger partial charge in [0, 0.05) is 4.47 Å². The molecule has 2 heterocycles. The van der Waals surface area contributed by atoms with Crippen LogP contribution >= 0.6 is 15.9 Å². The second-order valence-electron chi connectivity index (χ2n) is 7.43. The molecule has 156 valence electrons. The summed E-state index contributed by atoms with van der Waals surface area (Å²) in [6.07, 6.45) is -0.900. The van der Waals surface area contributed by atoms with Crippen molar-refractivity contribution in [3.63, 3.8) is 0 Å². The van der Waals surface area contributed by atoms with Crippen molar-refractivity contribution in [1.29, 1.82) is 0 Å². The van der Waals surface area contributed by atoms with Gasteiger partial charge in [0.15, 0.2) is 6.10 Å². The van der Waals surface area contributed by atoms with E-state index in [4.69, 9.17) is 9.57 Å². The molecule has 0 N–H and O–H groups in total. The fourth-order valence-corrected chi connectivity index (χ4v) is 4.63. The number of hydroxylamine groups is 1. The summed E-state index contributed by atoms with van der Waals surface area (Å²) in [6.45, 7) is 0. The van der Waals surface area contributed by atoms with E-state index in [1.165, 1.54) is 4.90 Å². The summed E-state index contributed by atoms with van der Waals surface area (Å²) in [5, 5.41) is 1.68. The minimum Gasteiger partial charge on any atom is -0.497 e. The molecule has 2 amide bonds. The Labute approximate surface area is 188 Å². The first-order valence-electron chi connectivity index (χ1n) is 9.87. The fraction of sp³-hybridized carbons (Fsp3) is 0.167. The van der Waals surface area contributed by atoms with Crippen molar-refractivity contribution in [3.8, 4) is 5.75 Å². The Morgan fingerprint density at radius 2 is 1.61 bits per heavy atom. The number of hydrogen-bond acceptors (Lipinski definition) is 5. The van der Waals surface area contributed by atoms with Crippen LogP contribution in [-0.2, 0) is 14.4 Å². The highest BCUT2D eigenvalue weighted by Gasteiger charge is 2.60. The van der Waals surface area contributed by atoms with Gasteiger partial charge in [0.1, 0.15) is 11.7 Å². The van der Waals surface area contributed by atoms with Gasteiger partial charge in [-0.25, -0.2) is 9.96 Å². The van der Waals surface area contributed by atoms with Crippen LogP contribution in [0.5, 0.6) is 5.75 Å². The van der Waals surface area contributed by atoms with Gasteiger partial charge >= 0.3 is 0 Å². The molecule has 0 radical (unpaired) electrons. The van der Waals surface area contributed by atoms with Crippen LogP contribution < -0.4 is 14.7 Å². The van der Waals surface area contributed by atoms with Crippen LogP contribution in [0, 0.1) is 5.92 Å². The normalized spacial score (nSPS) is 22.7. The predicted molar refractivity (Wildman–Crippen MR) is 120 cm³/mol. The van der Waals surface area contributed by atoms with Crippen molar-refractivity contribution >= 4 is 39.1 Å². The van der Waals surface area contributed by atoms with Crippen molar-refractivity contribution in [3.05, 3.63) is 88.9 Å². The molecule has 6 nitrogen and oxygen atoms in total. The first-order chi connectivity index (χ1) is 15.1. The number of carbonyl (C=O) groups excluding carboxylic acids is 2. The number of ether oxygens (including phenoxy) is 1. The molecule has 0 spiro atoms. The van der Waals surface area contributed by atoms with E-state index in [9.17, 15) is 9.59 Å². The average Bonchev–Trinajstić information content (AvgIpc) is 3.30. The lowest BCUT2D eigenvalue weighted by atomic mass is 9.90. The smallest absolute Gasteiger partial charge is 0.266 e. The second-order valence-corrected chi connectivity index (χ2v) is 8.34. The summed E-state index contributed by atoms with van der Waals surface area (Å²) in [7, 11) is 1.60. The molecule has 0 aromatic heterocycles. The highest BCUT2D eigenvalue weighted by molar-refractivity contribution is 9.10. The van der Waals surface area contributed by atoms with E-state index in [1.54, 1.807) is 30.4 Å². The molecule has 2 saturated heterocycles. The molecule has 2 fully saturated rings. The lowest BCUT2D eigenvalue weighted by molar-refractivity contribution is -0.126. The Balaban J connectivity index is 1.60. The minimum absolute atomic E-state index is 0.278. The molecule has 7 heteroatoms. The van der Waals surface area contributed by atoms with Crippen LogP contribution in [0.4, 0.5) is 11.4 Å². The maximum atomic E-state index is 13.6. The van der Waals surface area contributed by atoms with Gasteiger partial charge < -0.3 is 4.74 Å². The zero-order chi connectivity index (χ0) is 21.5. The number of benzene rings is 3. The van der Waals surface area contributed by atoms with Crippen LogP contribution in [-0.4, -0.2) is 25.0 Å². The largest absolute Gasteiger partial charge is 0.497 e. The fourth-order valence-electron chi connectivity index (χ4n) is 4.25. The number of carbonyl (C=O) groups is 2. The SMILES string of the molecule is COc1cccc([C@H]2[C@H]3C(=O)N(c4cccc(Br)c4)C(=O)[C@H]3ON2c2ccccc2)c1. The van der Waals surface area contributed by atoms with Gasteiger partial charge in [-0.3, -0.25) is 14.4 Å². The number of halogens is 1. The highest BCUT2D eigenvalue weighted by atomic mass is 79.9. The Morgan fingerprint density at radius 1 is 0.871 bits per heavy atom. The van der Waals surface area contributed by atoms with Gasteiger partial charge in [0.25, 0.3) is 5.91 Å². The summed E-state index contributed by atoms with van der Waals surface area (Å²) in [4.78, 5) is 34.3. The first kappa shape index (κ1) is 19.8. The summed E-state index contributed by atoms with van der Waals surface area (Å²) in [5.41, 5.74) is 2.14. The molecule has 0 aliphatic carbocycles. The molecule has 3 atom stereocenters. The topological polar surface area (TPSA) is 59.1 Å². The zero-order valence-corrected chi connectivity index (χ0v) is 18.2. The van der Waals surface area contributed by atoms with E-state index in [-0.39, 0.29) is 11.8 Å². The first-order valence-corrected chi connectivity index (χ1v) is 10.7. The predicted octanol–water partition coefficient (Wildman–Crippen LogP) is 4.51. The Bertz CT molecular complexity index is 1150. The van der Waals surface area contributed by atoms with Crippen molar-refractivity contribution < 1.29 is 19.2 Å². The number of nitrogens with zero attached hydrogens (tertiary/aromatic N) is 2. The van der Waals surface area contributed by atoms with Crippen molar-refractivity contribution in [2.24, 2.45) is 5.92 Å². The molecule has 0 bridgehead atoms. The van der Waals surface area contributed by atoms with Crippen LogP contribution in [0.25, 0.3) is 0 Å². The van der Waals surface area contributed by atoms with Gasteiger partial charge in [0.2, 0.25) is 5.91 Å². The summed E-state index contributed by atoms with van der Waals surface area (Å²) < 4.78 is 6.18. The van der Waals surface area contributed by atoms with Crippen LogP contribution in [0.1, 0.15) is 11.6 Å². The number of rotatable bonds is 4. The van der Waals surface area contributed by atoms with Gasteiger partial charge in [-0.1, -0.05) is 52.3 Å². The van der Waals surface area contributed by atoms with Crippen LogP contribution in [0.3, 0.4) is 0 Å². The maximum Gasteiger partial charge on any atom is 0.266 e. The van der Waals surface area contributed by atoms with Crippen molar-refractivity contribution in [2.45, 2.75) is 12.1 Å². The number of imide groups is 1. The van der Waals surface area contributed by atoms with Crippen LogP contribution in [0.2, 0.25) is 0 Å². The van der Waals surface area contributed by atoms with E-state index >= 15 is 0 Å². The van der Waals surface area contributed by atoms with Gasteiger partial charge in [0.05, 0.1) is 24.5 Å². The molecule has 0 saturated carbocycles. The zero-order valence-electron chi connectivity index (χ0n) is 16.6. The number of methoxy groups -OCH3 is 1. The maximum absolute atomic E-state index is 13.6. The summed E-state index contributed by atoms with van der Waals surface area (Å²) in [5.74, 6) is -0.646. The Hall–Kier alpha value is -3.16. The quantitative estimate of drug-likeness (QED) is 0.516. The van der Waals surface area contributed by atoms with Crippen molar-refractivity contribution in [2.75, 3.05) is 17.1 Å². The molecule has 2 aliphatic heterocycles. The number of anilines is 2. The molecular formula is C24H19BrN2O4. The molecule has 31 heavy (non-hydrogen) atoms. The Morgan fingerprint density at radius 3 is 2.35 bits per heavy atom. The van der Waals surface area contributed by atoms with Gasteiger partial charge in [-0.2, -0.15) is 0 Å². The third-order valence-corrected chi connectivity index (χ3v) is 6.12. The number of hydrogen-bond donors (Lipinski definition) is 0. The lowest BCUT2D eigenvalue weighted by Gasteiger charge is -2.29. The van der Waals surface area contributed by atoms with E-state index in [1.807, 2.05) is 60.7 Å². The number of para-hydroxylation sites is 1. The van der Waals surface area contributed by atoms with Crippen molar-refractivity contribution in [1.82, 2.24) is 0 Å². The Kier molecular flexibility index (Phi) is 5.00. The van der Waals surface area contributed by atoms with Gasteiger partial charge in [-0.05, 0) is 48.0 Å². The number of amides is 2. The van der Waals surface area contributed by atoms with E-state index in [0.29, 0.717) is 11.4 Å². The third-order valence-electron chi connectivity index (χ3n) is 5.63. The second kappa shape index (κ2) is 7.83. The minimum atomic E-state index is -0.900. The van der Waals surface area contributed by atoms with E-state index in [2.05, 4.69) is 15.9 Å². The third kappa shape index (κ3) is 3.30. The number of fused-ring (bicyclic) bond motifs is 1. The molecule has 3 aromatic rings. The molecule has 3 aromatic carbocycles. The molecule has 2 aliphatic rings. The lowest BCUT2D eigenvalue weighted by Crippen LogP contribution is -2.37. The monoisotopic (exact) mass is 478 g/mol. The standard InChI is InChI=1S/C24H19BrN2O4/c1-30-19-12-5-7-15(13-19)21-20-22(31-27(21)17-9-3-2-4-10-17)24(29)26(23(20)28)18-11-6-8-16(25)14-18/h2-14,20-22H,1H3/t20-,21+,22+/m1/s1. The molecule has 0 unspecified atom stereocenters. The average molecular weight is 479 g/mol. The van der Waals surface area contributed by atoms with E-state index in [0.717, 1.165) is 15.7 Å². The van der Waals surface area contributed by atoms with Gasteiger partial charge in [-0.15, -0.1) is 0 Å². The summed E-state index contributed by atoms with van der Waals surface area (Å²) in [6, 6.07) is 23.7. The molecular weight excluding hydrogens is 460 g/mol. The van der Waals surface area contributed by atoms with E-state index < -0.39 is 18.1 Å².